The molecule has 1 aliphatic heterocycles. The van der Waals surface area contributed by atoms with E-state index in [0.29, 0.717) is 17.3 Å². The SMILES string of the molecule is COc1ccc(Nc2nc(-c3ccc4c(CN5CC(O)C5)c[nH]c4c3)cn3ccnc23)cc1OC. The molecule has 2 aromatic carbocycles. The molecule has 3 N–H and O–H groups in total. The molecule has 178 valence electrons. The summed E-state index contributed by atoms with van der Waals surface area (Å²) in [5.74, 6) is 1.94. The molecule has 5 aromatic rings. The topological polar surface area (TPSA) is 99.9 Å². The van der Waals surface area contributed by atoms with E-state index in [-0.39, 0.29) is 6.10 Å². The third-order valence-electron chi connectivity index (χ3n) is 6.42. The van der Waals surface area contributed by atoms with E-state index in [4.69, 9.17) is 14.5 Å². The van der Waals surface area contributed by atoms with E-state index in [1.807, 2.05) is 35.0 Å². The number of methoxy groups -OCH3 is 2. The van der Waals surface area contributed by atoms with Gasteiger partial charge >= 0.3 is 0 Å². The summed E-state index contributed by atoms with van der Waals surface area (Å²) in [6.07, 6.45) is 7.50. The molecule has 9 heteroatoms. The maximum atomic E-state index is 9.57. The lowest BCUT2D eigenvalue weighted by molar-refractivity contribution is -0.00263. The number of likely N-dealkylation sites (tertiary alicyclic amines) is 1. The van der Waals surface area contributed by atoms with Gasteiger partial charge in [-0.15, -0.1) is 0 Å². The molecule has 0 unspecified atom stereocenters. The van der Waals surface area contributed by atoms with Crippen LogP contribution in [0.25, 0.3) is 27.8 Å². The molecule has 1 aliphatic rings. The normalized spacial score (nSPS) is 14.4. The van der Waals surface area contributed by atoms with Crippen LogP contribution in [0.1, 0.15) is 5.56 Å². The highest BCUT2D eigenvalue weighted by molar-refractivity contribution is 5.87. The molecule has 1 saturated heterocycles. The Hall–Kier alpha value is -4.08. The molecule has 3 aromatic heterocycles. The molecular formula is C26H26N6O3. The van der Waals surface area contributed by atoms with Gasteiger partial charge in [-0.1, -0.05) is 12.1 Å². The van der Waals surface area contributed by atoms with Crippen molar-refractivity contribution in [2.75, 3.05) is 32.6 Å². The molecule has 0 saturated carbocycles. The van der Waals surface area contributed by atoms with Crippen molar-refractivity contribution in [2.24, 2.45) is 0 Å². The summed E-state index contributed by atoms with van der Waals surface area (Å²) < 4.78 is 12.7. The fraction of sp³-hybridized carbons (Fsp3) is 0.231. The average Bonchev–Trinajstić information content (AvgIpc) is 3.50. The van der Waals surface area contributed by atoms with E-state index in [0.717, 1.165) is 47.7 Å². The van der Waals surface area contributed by atoms with Crippen LogP contribution in [0.15, 0.2) is 61.2 Å². The smallest absolute Gasteiger partial charge is 0.180 e. The number of benzene rings is 2. The van der Waals surface area contributed by atoms with Gasteiger partial charge in [0.2, 0.25) is 0 Å². The van der Waals surface area contributed by atoms with E-state index >= 15 is 0 Å². The van der Waals surface area contributed by atoms with E-state index < -0.39 is 0 Å². The van der Waals surface area contributed by atoms with Crippen LogP contribution in [0.5, 0.6) is 11.5 Å². The highest BCUT2D eigenvalue weighted by Crippen LogP contribution is 2.33. The Kier molecular flexibility index (Phi) is 5.28. The lowest BCUT2D eigenvalue weighted by atomic mass is 10.1. The Balaban J connectivity index is 1.34. The second kappa shape index (κ2) is 8.61. The molecule has 0 bridgehead atoms. The quantitative estimate of drug-likeness (QED) is 0.333. The number of hydrogen-bond acceptors (Lipinski definition) is 7. The van der Waals surface area contributed by atoms with Crippen molar-refractivity contribution in [1.29, 1.82) is 0 Å². The number of fused-ring (bicyclic) bond motifs is 2. The maximum Gasteiger partial charge on any atom is 0.180 e. The highest BCUT2D eigenvalue weighted by Gasteiger charge is 2.24. The Bertz CT molecular complexity index is 1520. The van der Waals surface area contributed by atoms with Gasteiger partial charge in [0.15, 0.2) is 23.0 Å². The zero-order valence-corrected chi connectivity index (χ0v) is 19.5. The van der Waals surface area contributed by atoms with Crippen LogP contribution in [0.4, 0.5) is 11.5 Å². The van der Waals surface area contributed by atoms with Gasteiger partial charge < -0.3 is 29.3 Å². The van der Waals surface area contributed by atoms with Crippen molar-refractivity contribution in [3.05, 3.63) is 66.7 Å². The van der Waals surface area contributed by atoms with Crippen molar-refractivity contribution in [3.8, 4) is 22.8 Å². The summed E-state index contributed by atoms with van der Waals surface area (Å²) in [6.45, 7) is 2.29. The number of hydrogen-bond donors (Lipinski definition) is 3. The molecule has 35 heavy (non-hydrogen) atoms. The maximum absolute atomic E-state index is 9.57. The average molecular weight is 471 g/mol. The largest absolute Gasteiger partial charge is 0.493 e. The molecule has 0 radical (unpaired) electrons. The van der Waals surface area contributed by atoms with E-state index in [9.17, 15) is 5.11 Å². The molecular weight excluding hydrogens is 444 g/mol. The fourth-order valence-corrected chi connectivity index (χ4v) is 4.59. The zero-order chi connectivity index (χ0) is 23.9. The third kappa shape index (κ3) is 3.94. The number of β-amino-alcohol motifs (C(OH)–C–C–N with tert-alkyl or cyclic N) is 1. The second-order valence-corrected chi connectivity index (χ2v) is 8.75. The third-order valence-corrected chi connectivity index (χ3v) is 6.42. The molecule has 0 spiro atoms. The summed E-state index contributed by atoms with van der Waals surface area (Å²) in [6, 6.07) is 12.0. The minimum absolute atomic E-state index is 0.196. The lowest BCUT2D eigenvalue weighted by Crippen LogP contribution is -2.49. The number of H-pyrrole nitrogens is 1. The van der Waals surface area contributed by atoms with Crippen molar-refractivity contribution < 1.29 is 14.6 Å². The summed E-state index contributed by atoms with van der Waals surface area (Å²) in [7, 11) is 3.23. The summed E-state index contributed by atoms with van der Waals surface area (Å²) in [5, 5.41) is 14.1. The molecule has 0 atom stereocenters. The van der Waals surface area contributed by atoms with E-state index in [2.05, 4.69) is 44.6 Å². The van der Waals surface area contributed by atoms with Gasteiger partial charge in [-0.25, -0.2) is 9.97 Å². The van der Waals surface area contributed by atoms with E-state index in [1.165, 1.54) is 10.9 Å². The fourth-order valence-electron chi connectivity index (χ4n) is 4.59. The number of aromatic amines is 1. The standard InChI is InChI=1S/C26H26N6O3/c1-34-23-6-4-18(10-24(23)35-2)29-25-26-27-7-8-32(26)15-22(30-25)16-3-5-20-17(11-28-21(20)9-16)12-31-13-19(33)14-31/h3-11,15,19,28,33H,12-14H2,1-2H3,(H,29,30). The number of nitrogens with zero attached hydrogens (tertiary/aromatic N) is 4. The summed E-state index contributed by atoms with van der Waals surface area (Å²) in [4.78, 5) is 15.0. The zero-order valence-electron chi connectivity index (χ0n) is 19.5. The molecule has 4 heterocycles. The Labute approximate surface area is 202 Å². The van der Waals surface area contributed by atoms with E-state index in [1.54, 1.807) is 20.4 Å². The van der Waals surface area contributed by atoms with Crippen LogP contribution in [0.2, 0.25) is 0 Å². The van der Waals surface area contributed by atoms with Crippen molar-refractivity contribution >= 4 is 28.1 Å². The predicted molar refractivity (Wildman–Crippen MR) is 134 cm³/mol. The molecule has 0 aliphatic carbocycles. The first-order valence-corrected chi connectivity index (χ1v) is 11.4. The van der Waals surface area contributed by atoms with Crippen molar-refractivity contribution in [3.63, 3.8) is 0 Å². The monoisotopic (exact) mass is 470 g/mol. The van der Waals surface area contributed by atoms with Gasteiger partial charge in [0.05, 0.1) is 26.0 Å². The number of rotatable bonds is 7. The number of aliphatic hydroxyl groups is 1. The minimum atomic E-state index is -0.196. The number of aromatic nitrogens is 4. The first kappa shape index (κ1) is 21.5. The van der Waals surface area contributed by atoms with Crippen LogP contribution in [-0.2, 0) is 6.54 Å². The molecule has 1 fully saturated rings. The first-order valence-electron chi connectivity index (χ1n) is 11.4. The highest BCUT2D eigenvalue weighted by atomic mass is 16.5. The van der Waals surface area contributed by atoms with Crippen LogP contribution in [-0.4, -0.2) is 62.8 Å². The molecule has 0 amide bonds. The van der Waals surface area contributed by atoms with Gasteiger partial charge in [-0.2, -0.15) is 0 Å². The number of nitrogens with one attached hydrogen (secondary N) is 2. The van der Waals surface area contributed by atoms with Gasteiger partial charge in [0.25, 0.3) is 0 Å². The molecule has 9 nitrogen and oxygen atoms in total. The predicted octanol–water partition coefficient (Wildman–Crippen LogP) is 3.81. The van der Waals surface area contributed by atoms with Crippen LogP contribution >= 0.6 is 0 Å². The van der Waals surface area contributed by atoms with Gasteiger partial charge in [-0.05, 0) is 23.8 Å². The van der Waals surface area contributed by atoms with Gasteiger partial charge in [0.1, 0.15) is 0 Å². The molecule has 6 rings (SSSR count). The Morgan fingerprint density at radius 3 is 2.77 bits per heavy atom. The van der Waals surface area contributed by atoms with Gasteiger partial charge in [-0.3, -0.25) is 4.90 Å². The minimum Gasteiger partial charge on any atom is -0.493 e. The van der Waals surface area contributed by atoms with Crippen LogP contribution in [0, 0.1) is 0 Å². The Morgan fingerprint density at radius 1 is 1.11 bits per heavy atom. The number of imidazole rings is 1. The summed E-state index contributed by atoms with van der Waals surface area (Å²) >= 11 is 0. The number of anilines is 2. The second-order valence-electron chi connectivity index (χ2n) is 8.75. The van der Waals surface area contributed by atoms with Crippen molar-refractivity contribution in [2.45, 2.75) is 12.6 Å². The number of ether oxygens (including phenoxy) is 2. The summed E-state index contributed by atoms with van der Waals surface area (Å²) in [5.41, 5.74) is 5.65. The first-order chi connectivity index (χ1) is 17.1. The Morgan fingerprint density at radius 2 is 1.97 bits per heavy atom. The lowest BCUT2D eigenvalue weighted by Gasteiger charge is -2.35. The van der Waals surface area contributed by atoms with Crippen LogP contribution < -0.4 is 14.8 Å². The van der Waals surface area contributed by atoms with Gasteiger partial charge in [0, 0.05) is 72.6 Å². The number of aliphatic hydroxyl groups excluding tert-OH is 1. The van der Waals surface area contributed by atoms with Crippen LogP contribution in [0.3, 0.4) is 0 Å². The van der Waals surface area contributed by atoms with Crippen molar-refractivity contribution in [1.82, 2.24) is 24.3 Å².